The molecule has 3 rings (SSSR count). The van der Waals surface area contributed by atoms with Gasteiger partial charge in [0.1, 0.15) is 5.75 Å². The van der Waals surface area contributed by atoms with E-state index in [9.17, 15) is 9.59 Å². The Morgan fingerprint density at radius 2 is 1.92 bits per heavy atom. The van der Waals surface area contributed by atoms with Crippen molar-refractivity contribution in [1.29, 1.82) is 0 Å². The summed E-state index contributed by atoms with van der Waals surface area (Å²) in [6.45, 7) is 7.12. The Bertz CT molecular complexity index is 815. The average molecular weight is 352 g/mol. The Morgan fingerprint density at radius 3 is 2.58 bits per heavy atom. The zero-order chi connectivity index (χ0) is 18.7. The molecule has 0 spiro atoms. The molecular formula is C21H24N2O3. The predicted molar refractivity (Wildman–Crippen MR) is 102 cm³/mol. The number of fused-ring (bicyclic) bond motifs is 1. The Hall–Kier alpha value is -2.82. The minimum absolute atomic E-state index is 0.0859. The van der Waals surface area contributed by atoms with E-state index in [0.29, 0.717) is 25.1 Å². The number of anilines is 1. The molecule has 2 aromatic rings. The van der Waals surface area contributed by atoms with Crippen LogP contribution in [0.3, 0.4) is 0 Å². The first-order valence-electron chi connectivity index (χ1n) is 9.00. The molecule has 1 aliphatic heterocycles. The van der Waals surface area contributed by atoms with Gasteiger partial charge in [0, 0.05) is 17.8 Å². The lowest BCUT2D eigenvalue weighted by atomic mass is 10.1. The van der Waals surface area contributed by atoms with Gasteiger partial charge in [0.15, 0.2) is 0 Å². The van der Waals surface area contributed by atoms with Gasteiger partial charge < -0.3 is 15.0 Å². The van der Waals surface area contributed by atoms with Crippen molar-refractivity contribution in [2.24, 2.45) is 0 Å². The van der Waals surface area contributed by atoms with Crippen molar-refractivity contribution in [2.75, 3.05) is 18.1 Å². The molecule has 5 nitrogen and oxygen atoms in total. The Kier molecular flexibility index (Phi) is 5.26. The number of rotatable bonds is 6. The molecule has 0 unspecified atom stereocenters. The number of nitrogens with one attached hydrogen (secondary N) is 1. The maximum atomic E-state index is 12.6. The van der Waals surface area contributed by atoms with Crippen LogP contribution in [0.25, 0.3) is 0 Å². The van der Waals surface area contributed by atoms with Crippen LogP contribution in [0.5, 0.6) is 5.75 Å². The summed E-state index contributed by atoms with van der Waals surface area (Å²) in [7, 11) is 0. The molecule has 0 fully saturated rings. The van der Waals surface area contributed by atoms with Crippen molar-refractivity contribution in [1.82, 2.24) is 5.32 Å². The van der Waals surface area contributed by atoms with Gasteiger partial charge in [-0.3, -0.25) is 9.59 Å². The molecule has 26 heavy (non-hydrogen) atoms. The second-order valence-electron chi connectivity index (χ2n) is 6.36. The summed E-state index contributed by atoms with van der Waals surface area (Å²) < 4.78 is 5.44. The number of likely N-dealkylation sites (N-methyl/N-ethyl adjacent to an activating group) is 1. The number of ether oxygens (including phenoxy) is 1. The fourth-order valence-electron chi connectivity index (χ4n) is 3.25. The summed E-state index contributed by atoms with van der Waals surface area (Å²) in [5.74, 6) is 0.762. The molecule has 0 saturated carbocycles. The first-order chi connectivity index (χ1) is 12.5. The monoisotopic (exact) mass is 352 g/mol. The fourth-order valence-corrected chi connectivity index (χ4v) is 3.25. The highest BCUT2D eigenvalue weighted by Crippen LogP contribution is 2.29. The molecule has 0 aliphatic carbocycles. The smallest absolute Gasteiger partial charge is 0.251 e. The average Bonchev–Trinajstić information content (AvgIpc) is 2.96. The van der Waals surface area contributed by atoms with Gasteiger partial charge in [-0.1, -0.05) is 12.1 Å². The van der Waals surface area contributed by atoms with Crippen molar-refractivity contribution in [3.63, 3.8) is 0 Å². The van der Waals surface area contributed by atoms with Crippen LogP contribution in [-0.2, 0) is 11.2 Å². The van der Waals surface area contributed by atoms with Gasteiger partial charge >= 0.3 is 0 Å². The molecule has 1 atom stereocenters. The third kappa shape index (κ3) is 3.57. The second kappa shape index (κ2) is 7.60. The summed E-state index contributed by atoms with van der Waals surface area (Å²) in [4.78, 5) is 26.3. The maximum absolute atomic E-state index is 12.6. The fraction of sp³-hybridized carbons (Fsp3) is 0.333. The van der Waals surface area contributed by atoms with Crippen molar-refractivity contribution in [2.45, 2.75) is 33.2 Å². The SMILES string of the molecule is CCOc1ccc([C@H](C)NC(=O)c2ccc3c(c2)CC(=O)N3CC)cc1. The Morgan fingerprint density at radius 1 is 1.19 bits per heavy atom. The number of carbonyl (C=O) groups is 2. The minimum atomic E-state index is -0.142. The van der Waals surface area contributed by atoms with Crippen LogP contribution in [0.15, 0.2) is 42.5 Å². The summed E-state index contributed by atoms with van der Waals surface area (Å²) in [5, 5.41) is 3.01. The van der Waals surface area contributed by atoms with Crippen molar-refractivity contribution in [3.05, 3.63) is 59.2 Å². The first kappa shape index (κ1) is 18.0. The molecule has 136 valence electrons. The van der Waals surface area contributed by atoms with Crippen LogP contribution in [0.4, 0.5) is 5.69 Å². The number of nitrogens with zero attached hydrogens (tertiary/aromatic N) is 1. The highest BCUT2D eigenvalue weighted by Gasteiger charge is 2.26. The van der Waals surface area contributed by atoms with Crippen LogP contribution in [-0.4, -0.2) is 25.0 Å². The number of benzene rings is 2. The molecule has 2 amide bonds. The van der Waals surface area contributed by atoms with E-state index in [-0.39, 0.29) is 17.9 Å². The molecule has 1 aliphatic rings. The molecule has 1 heterocycles. The van der Waals surface area contributed by atoms with Crippen LogP contribution in [0.1, 0.15) is 48.3 Å². The van der Waals surface area contributed by atoms with Crippen molar-refractivity contribution >= 4 is 17.5 Å². The van der Waals surface area contributed by atoms with E-state index < -0.39 is 0 Å². The molecule has 2 aromatic carbocycles. The summed E-state index contributed by atoms with van der Waals surface area (Å²) in [6, 6.07) is 13.1. The molecule has 0 saturated heterocycles. The highest BCUT2D eigenvalue weighted by atomic mass is 16.5. The Labute approximate surface area is 154 Å². The highest BCUT2D eigenvalue weighted by molar-refractivity contribution is 6.03. The number of hydrogen-bond donors (Lipinski definition) is 1. The van der Waals surface area contributed by atoms with Crippen LogP contribution in [0, 0.1) is 0 Å². The molecular weight excluding hydrogens is 328 g/mol. The van der Waals surface area contributed by atoms with Gasteiger partial charge in [-0.05, 0) is 62.2 Å². The number of amides is 2. The quantitative estimate of drug-likeness (QED) is 0.866. The van der Waals surface area contributed by atoms with Gasteiger partial charge in [0.05, 0.1) is 19.1 Å². The maximum Gasteiger partial charge on any atom is 0.251 e. The van der Waals surface area contributed by atoms with Crippen LogP contribution >= 0.6 is 0 Å². The Balaban J connectivity index is 1.70. The zero-order valence-corrected chi connectivity index (χ0v) is 15.4. The predicted octanol–water partition coefficient (Wildman–Crippen LogP) is 3.49. The standard InChI is InChI=1S/C21H24N2O3/c1-4-23-19-11-8-16(12-17(19)13-20(23)24)21(25)22-14(3)15-6-9-18(10-7-15)26-5-2/h6-12,14H,4-5,13H2,1-3H3,(H,22,25)/t14-/m0/s1. The largest absolute Gasteiger partial charge is 0.494 e. The number of hydrogen-bond acceptors (Lipinski definition) is 3. The topological polar surface area (TPSA) is 58.6 Å². The van der Waals surface area contributed by atoms with Gasteiger partial charge in [0.25, 0.3) is 5.91 Å². The second-order valence-corrected chi connectivity index (χ2v) is 6.36. The van der Waals surface area contributed by atoms with Gasteiger partial charge in [-0.2, -0.15) is 0 Å². The number of carbonyl (C=O) groups excluding carboxylic acids is 2. The van der Waals surface area contributed by atoms with Gasteiger partial charge in [-0.25, -0.2) is 0 Å². The van der Waals surface area contributed by atoms with Gasteiger partial charge in [0.2, 0.25) is 5.91 Å². The summed E-state index contributed by atoms with van der Waals surface area (Å²) >= 11 is 0. The van der Waals surface area contributed by atoms with Gasteiger partial charge in [-0.15, -0.1) is 0 Å². The molecule has 0 radical (unpaired) electrons. The summed E-state index contributed by atoms with van der Waals surface area (Å²) in [5.41, 5.74) is 3.41. The molecule has 0 aromatic heterocycles. The normalized spacial score (nSPS) is 14.1. The van der Waals surface area contributed by atoms with E-state index in [0.717, 1.165) is 22.6 Å². The van der Waals surface area contributed by atoms with E-state index in [2.05, 4.69) is 5.32 Å². The van der Waals surface area contributed by atoms with Crippen LogP contribution in [0.2, 0.25) is 0 Å². The minimum Gasteiger partial charge on any atom is -0.494 e. The van der Waals surface area contributed by atoms with Crippen molar-refractivity contribution in [3.8, 4) is 5.75 Å². The lowest BCUT2D eigenvalue weighted by Crippen LogP contribution is -2.27. The molecule has 5 heteroatoms. The zero-order valence-electron chi connectivity index (χ0n) is 15.4. The molecule has 0 bridgehead atoms. The lowest BCUT2D eigenvalue weighted by molar-refractivity contribution is -0.117. The van der Waals surface area contributed by atoms with E-state index in [4.69, 9.17) is 4.74 Å². The van der Waals surface area contributed by atoms with E-state index in [1.807, 2.05) is 57.2 Å². The van der Waals surface area contributed by atoms with Crippen molar-refractivity contribution < 1.29 is 14.3 Å². The van der Waals surface area contributed by atoms with E-state index >= 15 is 0 Å². The van der Waals surface area contributed by atoms with E-state index in [1.165, 1.54) is 0 Å². The molecule has 1 N–H and O–H groups in total. The van der Waals surface area contributed by atoms with E-state index in [1.54, 1.807) is 11.0 Å². The van der Waals surface area contributed by atoms with Crippen LogP contribution < -0.4 is 15.0 Å². The third-order valence-electron chi connectivity index (χ3n) is 4.63. The third-order valence-corrected chi connectivity index (χ3v) is 4.63. The summed E-state index contributed by atoms with van der Waals surface area (Å²) in [6.07, 6.45) is 0.360. The first-order valence-corrected chi connectivity index (χ1v) is 9.00. The lowest BCUT2D eigenvalue weighted by Gasteiger charge is -2.16.